The van der Waals surface area contributed by atoms with Gasteiger partial charge in [0.25, 0.3) is 0 Å². The lowest BCUT2D eigenvalue weighted by atomic mass is 9.99. The van der Waals surface area contributed by atoms with Crippen molar-refractivity contribution in [2.45, 2.75) is 13.0 Å². The van der Waals surface area contributed by atoms with Crippen LogP contribution in [0.3, 0.4) is 0 Å². The summed E-state index contributed by atoms with van der Waals surface area (Å²) in [5.41, 5.74) is 9.16. The molecule has 0 spiro atoms. The van der Waals surface area contributed by atoms with Crippen molar-refractivity contribution in [2.75, 3.05) is 0 Å². The van der Waals surface area contributed by atoms with Crippen LogP contribution in [0.1, 0.15) is 18.5 Å². The van der Waals surface area contributed by atoms with Gasteiger partial charge in [0.05, 0.1) is 5.69 Å². The molecule has 2 N–H and O–H groups in total. The number of rotatable bonds is 2. The highest BCUT2D eigenvalue weighted by Crippen LogP contribution is 2.24. The molecule has 1 heterocycles. The van der Waals surface area contributed by atoms with Gasteiger partial charge in [-0.3, -0.25) is 4.98 Å². The van der Waals surface area contributed by atoms with Crippen molar-refractivity contribution >= 4 is 0 Å². The summed E-state index contributed by atoms with van der Waals surface area (Å²) >= 11 is 0. The fourth-order valence-corrected chi connectivity index (χ4v) is 1.65. The van der Waals surface area contributed by atoms with E-state index in [9.17, 15) is 0 Å². The number of hydrogen-bond acceptors (Lipinski definition) is 2. The van der Waals surface area contributed by atoms with Crippen LogP contribution in [0, 0.1) is 0 Å². The molecule has 15 heavy (non-hydrogen) atoms. The first kappa shape index (κ1) is 9.87. The van der Waals surface area contributed by atoms with Gasteiger partial charge in [-0.2, -0.15) is 0 Å². The zero-order valence-electron chi connectivity index (χ0n) is 8.72. The van der Waals surface area contributed by atoms with Crippen LogP contribution in [0.4, 0.5) is 0 Å². The molecule has 2 aromatic rings. The quantitative estimate of drug-likeness (QED) is 0.805. The van der Waals surface area contributed by atoms with Gasteiger partial charge in [0.2, 0.25) is 0 Å². The third-order valence-corrected chi connectivity index (χ3v) is 2.39. The lowest BCUT2D eigenvalue weighted by Crippen LogP contribution is -2.06. The molecule has 1 aromatic heterocycles. The maximum atomic E-state index is 5.92. The SMILES string of the molecule is CC(N)c1ccccc1-c1ccccn1. The van der Waals surface area contributed by atoms with Crippen molar-refractivity contribution in [1.82, 2.24) is 4.98 Å². The molecule has 1 atom stereocenters. The van der Waals surface area contributed by atoms with E-state index in [1.807, 2.05) is 37.3 Å². The summed E-state index contributed by atoms with van der Waals surface area (Å²) in [6, 6.07) is 14.1. The monoisotopic (exact) mass is 198 g/mol. The highest BCUT2D eigenvalue weighted by Gasteiger charge is 2.07. The average molecular weight is 198 g/mol. The summed E-state index contributed by atoms with van der Waals surface area (Å²) in [4.78, 5) is 4.34. The van der Waals surface area contributed by atoms with Crippen LogP contribution in [-0.2, 0) is 0 Å². The van der Waals surface area contributed by atoms with Crippen molar-refractivity contribution in [3.63, 3.8) is 0 Å². The summed E-state index contributed by atoms with van der Waals surface area (Å²) in [5, 5.41) is 0. The summed E-state index contributed by atoms with van der Waals surface area (Å²) in [7, 11) is 0. The largest absolute Gasteiger partial charge is 0.324 e. The first-order chi connectivity index (χ1) is 7.29. The van der Waals surface area contributed by atoms with E-state index in [0.29, 0.717) is 0 Å². The lowest BCUT2D eigenvalue weighted by molar-refractivity contribution is 0.819. The average Bonchev–Trinajstić information content (AvgIpc) is 2.30. The Morgan fingerprint density at radius 3 is 2.47 bits per heavy atom. The molecule has 2 heteroatoms. The first-order valence-electron chi connectivity index (χ1n) is 5.05. The van der Waals surface area contributed by atoms with E-state index in [1.54, 1.807) is 6.20 Å². The number of hydrogen-bond donors (Lipinski definition) is 1. The fraction of sp³-hybridized carbons (Fsp3) is 0.154. The van der Waals surface area contributed by atoms with Gasteiger partial charge < -0.3 is 5.73 Å². The Morgan fingerprint density at radius 2 is 1.80 bits per heavy atom. The van der Waals surface area contributed by atoms with Crippen LogP contribution >= 0.6 is 0 Å². The van der Waals surface area contributed by atoms with Crippen LogP contribution in [0.15, 0.2) is 48.7 Å². The van der Waals surface area contributed by atoms with Gasteiger partial charge in [-0.25, -0.2) is 0 Å². The zero-order valence-corrected chi connectivity index (χ0v) is 8.72. The first-order valence-corrected chi connectivity index (χ1v) is 5.05. The summed E-state index contributed by atoms with van der Waals surface area (Å²) in [6.07, 6.45) is 1.80. The molecular formula is C13H14N2. The van der Waals surface area contributed by atoms with Crippen LogP contribution in [0.25, 0.3) is 11.3 Å². The molecule has 0 amide bonds. The minimum atomic E-state index is 0.0307. The minimum absolute atomic E-state index is 0.0307. The Balaban J connectivity index is 2.53. The van der Waals surface area contributed by atoms with Crippen LogP contribution < -0.4 is 5.73 Å². The molecular weight excluding hydrogens is 184 g/mol. The Bertz CT molecular complexity index is 435. The van der Waals surface area contributed by atoms with E-state index < -0.39 is 0 Å². The standard InChI is InChI=1S/C13H14N2/c1-10(14)11-6-2-3-7-12(11)13-8-4-5-9-15-13/h2-10H,14H2,1H3. The number of pyridine rings is 1. The molecule has 0 fully saturated rings. The second kappa shape index (κ2) is 4.24. The van der Waals surface area contributed by atoms with E-state index in [2.05, 4.69) is 17.1 Å². The van der Waals surface area contributed by atoms with Crippen LogP contribution in [0.5, 0.6) is 0 Å². The minimum Gasteiger partial charge on any atom is -0.324 e. The maximum absolute atomic E-state index is 5.92. The van der Waals surface area contributed by atoms with Crippen molar-refractivity contribution in [3.05, 3.63) is 54.2 Å². The van der Waals surface area contributed by atoms with Crippen LogP contribution in [0.2, 0.25) is 0 Å². The van der Waals surface area contributed by atoms with E-state index in [0.717, 1.165) is 16.8 Å². The topological polar surface area (TPSA) is 38.9 Å². The molecule has 1 unspecified atom stereocenters. The van der Waals surface area contributed by atoms with Crippen molar-refractivity contribution < 1.29 is 0 Å². The van der Waals surface area contributed by atoms with Gasteiger partial charge in [0.15, 0.2) is 0 Å². The molecule has 2 rings (SSSR count). The number of aromatic nitrogens is 1. The summed E-state index contributed by atoms with van der Waals surface area (Å²) in [5.74, 6) is 0. The summed E-state index contributed by atoms with van der Waals surface area (Å²) in [6.45, 7) is 1.99. The van der Waals surface area contributed by atoms with Crippen molar-refractivity contribution in [1.29, 1.82) is 0 Å². The smallest absolute Gasteiger partial charge is 0.0705 e. The number of nitrogens with zero attached hydrogens (tertiary/aromatic N) is 1. The Hall–Kier alpha value is -1.67. The second-order valence-electron chi connectivity index (χ2n) is 3.59. The highest BCUT2D eigenvalue weighted by atomic mass is 14.7. The molecule has 0 aliphatic carbocycles. The molecule has 0 radical (unpaired) electrons. The molecule has 0 bridgehead atoms. The third-order valence-electron chi connectivity index (χ3n) is 2.39. The Labute approximate surface area is 89.8 Å². The summed E-state index contributed by atoms with van der Waals surface area (Å²) < 4.78 is 0. The molecule has 76 valence electrons. The Morgan fingerprint density at radius 1 is 1.07 bits per heavy atom. The number of nitrogens with two attached hydrogens (primary N) is 1. The normalized spacial score (nSPS) is 12.4. The maximum Gasteiger partial charge on any atom is 0.0705 e. The van der Waals surface area contributed by atoms with Gasteiger partial charge in [-0.05, 0) is 24.6 Å². The molecule has 1 aromatic carbocycles. The molecule has 0 aliphatic rings. The Kier molecular flexibility index (Phi) is 2.79. The van der Waals surface area contributed by atoms with Gasteiger partial charge >= 0.3 is 0 Å². The zero-order chi connectivity index (χ0) is 10.7. The predicted molar refractivity (Wildman–Crippen MR) is 62.3 cm³/mol. The number of benzene rings is 1. The van der Waals surface area contributed by atoms with E-state index in [1.165, 1.54) is 0 Å². The van der Waals surface area contributed by atoms with Gasteiger partial charge in [-0.15, -0.1) is 0 Å². The van der Waals surface area contributed by atoms with Crippen molar-refractivity contribution in [2.24, 2.45) is 5.73 Å². The second-order valence-corrected chi connectivity index (χ2v) is 3.59. The van der Waals surface area contributed by atoms with Gasteiger partial charge in [-0.1, -0.05) is 30.3 Å². The van der Waals surface area contributed by atoms with Gasteiger partial charge in [0, 0.05) is 17.8 Å². The van der Waals surface area contributed by atoms with Crippen molar-refractivity contribution in [3.8, 4) is 11.3 Å². The van der Waals surface area contributed by atoms with E-state index >= 15 is 0 Å². The van der Waals surface area contributed by atoms with E-state index in [-0.39, 0.29) is 6.04 Å². The van der Waals surface area contributed by atoms with E-state index in [4.69, 9.17) is 5.73 Å². The fourth-order valence-electron chi connectivity index (χ4n) is 1.65. The molecule has 0 saturated carbocycles. The predicted octanol–water partition coefficient (Wildman–Crippen LogP) is 2.77. The van der Waals surface area contributed by atoms with Crippen LogP contribution in [-0.4, -0.2) is 4.98 Å². The highest BCUT2D eigenvalue weighted by molar-refractivity contribution is 5.64. The lowest BCUT2D eigenvalue weighted by Gasteiger charge is -2.11. The van der Waals surface area contributed by atoms with Gasteiger partial charge in [0.1, 0.15) is 0 Å². The molecule has 2 nitrogen and oxygen atoms in total. The molecule has 0 saturated heterocycles. The third kappa shape index (κ3) is 2.05. The molecule has 0 aliphatic heterocycles.